The van der Waals surface area contributed by atoms with Gasteiger partial charge in [0.05, 0.1) is 6.61 Å². The first-order valence-corrected chi connectivity index (χ1v) is 7.01. The summed E-state index contributed by atoms with van der Waals surface area (Å²) in [6.07, 6.45) is 0.880. The van der Waals surface area contributed by atoms with E-state index in [0.717, 1.165) is 33.3 Å². The highest BCUT2D eigenvalue weighted by atomic mass is 79.9. The van der Waals surface area contributed by atoms with Gasteiger partial charge in [-0.25, -0.2) is 0 Å². The van der Waals surface area contributed by atoms with E-state index in [4.69, 9.17) is 4.74 Å². The Balaban J connectivity index is 2.02. The summed E-state index contributed by atoms with van der Waals surface area (Å²) in [6, 6.07) is 11.4. The van der Waals surface area contributed by atoms with E-state index in [-0.39, 0.29) is 5.78 Å². The molecule has 0 unspecified atom stereocenters. The Hall–Kier alpha value is -1.61. The van der Waals surface area contributed by atoms with Crippen LogP contribution in [0.1, 0.15) is 27.0 Å². The molecule has 0 saturated heterocycles. The third-order valence-corrected chi connectivity index (χ3v) is 4.44. The highest BCUT2D eigenvalue weighted by Crippen LogP contribution is 2.28. The van der Waals surface area contributed by atoms with Crippen LogP contribution in [0.25, 0.3) is 0 Å². The van der Waals surface area contributed by atoms with Gasteiger partial charge in [0.25, 0.3) is 0 Å². The molecule has 2 aromatic rings. The van der Waals surface area contributed by atoms with Crippen LogP contribution >= 0.6 is 15.9 Å². The Morgan fingerprint density at radius 1 is 1.26 bits per heavy atom. The second-order valence-corrected chi connectivity index (χ2v) is 5.48. The number of benzene rings is 2. The first-order chi connectivity index (χ1) is 9.16. The average Bonchev–Trinajstić information content (AvgIpc) is 2.88. The molecule has 2 aromatic carbocycles. The maximum atomic E-state index is 12.5. The van der Waals surface area contributed by atoms with E-state index in [9.17, 15) is 4.79 Å². The fraction of sp³-hybridized carbons (Fsp3) is 0.188. The molecule has 0 fully saturated rings. The molecule has 3 rings (SSSR count). The lowest BCUT2D eigenvalue weighted by atomic mass is 9.99. The van der Waals surface area contributed by atoms with Crippen molar-refractivity contribution in [3.05, 3.63) is 63.1 Å². The lowest BCUT2D eigenvalue weighted by Gasteiger charge is -2.07. The van der Waals surface area contributed by atoms with Crippen molar-refractivity contribution in [3.8, 4) is 5.75 Å². The van der Waals surface area contributed by atoms with Crippen molar-refractivity contribution in [3.63, 3.8) is 0 Å². The fourth-order valence-corrected chi connectivity index (χ4v) is 2.75. The highest BCUT2D eigenvalue weighted by Gasteiger charge is 2.17. The normalized spacial score (nSPS) is 12.9. The van der Waals surface area contributed by atoms with Crippen molar-refractivity contribution >= 4 is 21.7 Å². The molecule has 1 aliphatic heterocycles. The molecule has 0 aliphatic carbocycles. The Morgan fingerprint density at radius 2 is 2.11 bits per heavy atom. The van der Waals surface area contributed by atoms with Gasteiger partial charge in [0.1, 0.15) is 5.75 Å². The minimum Gasteiger partial charge on any atom is -0.493 e. The summed E-state index contributed by atoms with van der Waals surface area (Å²) in [6.45, 7) is 2.69. The van der Waals surface area contributed by atoms with E-state index in [0.29, 0.717) is 12.2 Å². The quantitative estimate of drug-likeness (QED) is 0.785. The number of ketones is 1. The SMILES string of the molecule is Cc1cccc(C(=O)c2ccc3c(c2)CCO3)c1Br. The number of rotatable bonds is 2. The van der Waals surface area contributed by atoms with Crippen LogP contribution in [0.5, 0.6) is 5.75 Å². The first kappa shape index (κ1) is 12.4. The van der Waals surface area contributed by atoms with Crippen LogP contribution in [-0.4, -0.2) is 12.4 Å². The number of hydrogen-bond donors (Lipinski definition) is 0. The van der Waals surface area contributed by atoms with Gasteiger partial charge in [-0.3, -0.25) is 4.79 Å². The van der Waals surface area contributed by atoms with Crippen molar-refractivity contribution in [2.45, 2.75) is 13.3 Å². The van der Waals surface area contributed by atoms with Gasteiger partial charge < -0.3 is 4.74 Å². The molecule has 0 atom stereocenters. The molecule has 96 valence electrons. The predicted octanol–water partition coefficient (Wildman–Crippen LogP) is 3.92. The van der Waals surface area contributed by atoms with Gasteiger partial charge in [-0.1, -0.05) is 12.1 Å². The molecule has 1 aliphatic rings. The monoisotopic (exact) mass is 316 g/mol. The lowest BCUT2D eigenvalue weighted by Crippen LogP contribution is -2.03. The topological polar surface area (TPSA) is 26.3 Å². The molecule has 0 aromatic heterocycles. The number of ether oxygens (including phenoxy) is 1. The summed E-state index contributed by atoms with van der Waals surface area (Å²) in [7, 11) is 0. The van der Waals surface area contributed by atoms with Crippen LogP contribution in [0.15, 0.2) is 40.9 Å². The van der Waals surface area contributed by atoms with Crippen molar-refractivity contribution < 1.29 is 9.53 Å². The van der Waals surface area contributed by atoms with Crippen molar-refractivity contribution in [1.29, 1.82) is 0 Å². The second-order valence-electron chi connectivity index (χ2n) is 4.69. The fourth-order valence-electron chi connectivity index (χ4n) is 2.31. The van der Waals surface area contributed by atoms with Crippen LogP contribution in [0.3, 0.4) is 0 Å². The third kappa shape index (κ3) is 2.19. The predicted molar refractivity (Wildman–Crippen MR) is 78.0 cm³/mol. The lowest BCUT2D eigenvalue weighted by molar-refractivity contribution is 0.103. The van der Waals surface area contributed by atoms with Gasteiger partial charge in [0, 0.05) is 22.0 Å². The summed E-state index contributed by atoms with van der Waals surface area (Å²) < 4.78 is 6.33. The summed E-state index contributed by atoms with van der Waals surface area (Å²) in [4.78, 5) is 12.5. The van der Waals surface area contributed by atoms with Crippen molar-refractivity contribution in [2.75, 3.05) is 6.61 Å². The molecule has 3 heteroatoms. The highest BCUT2D eigenvalue weighted by molar-refractivity contribution is 9.10. The smallest absolute Gasteiger partial charge is 0.194 e. The van der Waals surface area contributed by atoms with E-state index in [2.05, 4.69) is 15.9 Å². The molecule has 0 spiro atoms. The average molecular weight is 317 g/mol. The van der Waals surface area contributed by atoms with Crippen LogP contribution in [0.4, 0.5) is 0 Å². The van der Waals surface area contributed by atoms with E-state index in [1.807, 2.05) is 43.3 Å². The molecular weight excluding hydrogens is 304 g/mol. The van der Waals surface area contributed by atoms with E-state index < -0.39 is 0 Å². The molecule has 1 heterocycles. The minimum atomic E-state index is 0.0466. The van der Waals surface area contributed by atoms with Gasteiger partial charge in [0.2, 0.25) is 0 Å². The van der Waals surface area contributed by atoms with Gasteiger partial charge in [-0.15, -0.1) is 0 Å². The standard InChI is InChI=1S/C16H13BrO2/c1-10-3-2-4-13(15(10)17)16(18)12-5-6-14-11(9-12)7-8-19-14/h2-6,9H,7-8H2,1H3. The summed E-state index contributed by atoms with van der Waals surface area (Å²) in [5.74, 6) is 0.949. The number of hydrogen-bond acceptors (Lipinski definition) is 2. The third-order valence-electron chi connectivity index (χ3n) is 3.39. The summed E-state index contributed by atoms with van der Waals surface area (Å²) in [5.41, 5.74) is 3.61. The zero-order valence-electron chi connectivity index (χ0n) is 10.6. The maximum absolute atomic E-state index is 12.5. The largest absolute Gasteiger partial charge is 0.493 e. The summed E-state index contributed by atoms with van der Waals surface area (Å²) in [5, 5.41) is 0. The zero-order valence-corrected chi connectivity index (χ0v) is 12.2. The van der Waals surface area contributed by atoms with E-state index in [1.54, 1.807) is 0 Å². The number of carbonyl (C=O) groups excluding carboxylic acids is 1. The summed E-state index contributed by atoms with van der Waals surface area (Å²) >= 11 is 3.49. The minimum absolute atomic E-state index is 0.0466. The van der Waals surface area contributed by atoms with E-state index >= 15 is 0 Å². The Kier molecular flexibility index (Phi) is 3.15. The van der Waals surface area contributed by atoms with Crippen LogP contribution in [0.2, 0.25) is 0 Å². The molecule has 19 heavy (non-hydrogen) atoms. The Labute approximate surface area is 120 Å². The van der Waals surface area contributed by atoms with Crippen LogP contribution in [-0.2, 0) is 6.42 Å². The van der Waals surface area contributed by atoms with Crippen molar-refractivity contribution in [2.24, 2.45) is 0 Å². The van der Waals surface area contributed by atoms with Crippen LogP contribution in [0, 0.1) is 6.92 Å². The van der Waals surface area contributed by atoms with Gasteiger partial charge >= 0.3 is 0 Å². The molecule has 2 nitrogen and oxygen atoms in total. The molecule has 0 radical (unpaired) electrons. The second kappa shape index (κ2) is 4.82. The molecule has 0 N–H and O–H groups in total. The first-order valence-electron chi connectivity index (χ1n) is 6.22. The number of aryl methyl sites for hydroxylation is 1. The zero-order chi connectivity index (χ0) is 13.4. The molecule has 0 bridgehead atoms. The Morgan fingerprint density at radius 3 is 2.95 bits per heavy atom. The maximum Gasteiger partial charge on any atom is 0.194 e. The number of halogens is 1. The number of fused-ring (bicyclic) bond motifs is 1. The number of carbonyl (C=O) groups is 1. The van der Waals surface area contributed by atoms with Crippen LogP contribution < -0.4 is 4.74 Å². The van der Waals surface area contributed by atoms with Gasteiger partial charge in [-0.05, 0) is 58.2 Å². The van der Waals surface area contributed by atoms with Gasteiger partial charge in [0.15, 0.2) is 5.78 Å². The molecule has 0 saturated carbocycles. The molecule has 0 amide bonds. The van der Waals surface area contributed by atoms with Crippen molar-refractivity contribution in [1.82, 2.24) is 0 Å². The van der Waals surface area contributed by atoms with Gasteiger partial charge in [-0.2, -0.15) is 0 Å². The Bertz CT molecular complexity index is 662. The molecular formula is C16H13BrO2. The van der Waals surface area contributed by atoms with E-state index in [1.165, 1.54) is 0 Å².